The lowest BCUT2D eigenvalue weighted by Crippen LogP contribution is -2.30. The molecule has 0 saturated carbocycles. The number of rotatable bonds is 6. The lowest BCUT2D eigenvalue weighted by molar-refractivity contribution is -0.118. The molecule has 0 saturated heterocycles. The normalized spacial score (nSPS) is 10.5. The van der Waals surface area contributed by atoms with Gasteiger partial charge in [0.15, 0.2) is 0 Å². The first-order valence-electron chi connectivity index (χ1n) is 8.56. The zero-order valence-electron chi connectivity index (χ0n) is 15.2. The second-order valence-electron chi connectivity index (χ2n) is 6.43. The summed E-state index contributed by atoms with van der Waals surface area (Å²) in [5.74, 6) is -0.481. The molecule has 0 aliphatic heterocycles. The predicted molar refractivity (Wildman–Crippen MR) is 102 cm³/mol. The average molecular weight is 357 g/mol. The van der Waals surface area contributed by atoms with Gasteiger partial charge in [0.2, 0.25) is 5.91 Å². The van der Waals surface area contributed by atoms with Crippen molar-refractivity contribution in [3.05, 3.63) is 59.4 Å². The SMILES string of the molecule is Cc1ccc(NC(=O)C(C)C)cc1NC(=O)NCCc1ccc(F)cc1. The third-order valence-corrected chi connectivity index (χ3v) is 3.89. The zero-order valence-corrected chi connectivity index (χ0v) is 15.2. The lowest BCUT2D eigenvalue weighted by atomic mass is 10.1. The third kappa shape index (κ3) is 5.88. The van der Waals surface area contributed by atoms with E-state index in [-0.39, 0.29) is 23.7 Å². The van der Waals surface area contributed by atoms with Gasteiger partial charge in [-0.25, -0.2) is 9.18 Å². The fraction of sp³-hybridized carbons (Fsp3) is 0.300. The molecule has 138 valence electrons. The lowest BCUT2D eigenvalue weighted by Gasteiger charge is -2.13. The van der Waals surface area contributed by atoms with Crippen molar-refractivity contribution in [3.8, 4) is 0 Å². The molecule has 0 aliphatic carbocycles. The summed E-state index contributed by atoms with van der Waals surface area (Å²) >= 11 is 0. The monoisotopic (exact) mass is 357 g/mol. The summed E-state index contributed by atoms with van der Waals surface area (Å²) in [4.78, 5) is 23.9. The molecule has 0 heterocycles. The molecule has 0 atom stereocenters. The molecule has 0 bridgehead atoms. The van der Waals surface area contributed by atoms with E-state index in [1.807, 2.05) is 26.8 Å². The van der Waals surface area contributed by atoms with E-state index in [4.69, 9.17) is 0 Å². The van der Waals surface area contributed by atoms with E-state index in [9.17, 15) is 14.0 Å². The van der Waals surface area contributed by atoms with Crippen molar-refractivity contribution in [2.75, 3.05) is 17.2 Å². The number of benzene rings is 2. The van der Waals surface area contributed by atoms with Crippen molar-refractivity contribution in [1.82, 2.24) is 5.32 Å². The van der Waals surface area contributed by atoms with Crippen LogP contribution in [0.5, 0.6) is 0 Å². The van der Waals surface area contributed by atoms with Crippen LogP contribution in [-0.2, 0) is 11.2 Å². The Morgan fingerprint density at radius 2 is 1.73 bits per heavy atom. The predicted octanol–water partition coefficient (Wildman–Crippen LogP) is 4.09. The van der Waals surface area contributed by atoms with Gasteiger partial charge >= 0.3 is 6.03 Å². The van der Waals surface area contributed by atoms with Gasteiger partial charge in [0.1, 0.15) is 5.82 Å². The quantitative estimate of drug-likeness (QED) is 0.729. The van der Waals surface area contributed by atoms with Gasteiger partial charge in [-0.2, -0.15) is 0 Å². The number of urea groups is 1. The molecule has 0 radical (unpaired) electrons. The van der Waals surface area contributed by atoms with E-state index in [0.717, 1.165) is 11.1 Å². The number of aryl methyl sites for hydroxylation is 1. The minimum atomic E-state index is -0.331. The number of halogens is 1. The van der Waals surface area contributed by atoms with Crippen molar-refractivity contribution >= 4 is 23.3 Å². The van der Waals surface area contributed by atoms with Crippen molar-refractivity contribution in [2.45, 2.75) is 27.2 Å². The summed E-state index contributed by atoms with van der Waals surface area (Å²) in [5.41, 5.74) is 3.10. The minimum absolute atomic E-state index is 0.0800. The summed E-state index contributed by atoms with van der Waals surface area (Å²) < 4.78 is 12.9. The molecule has 3 amide bonds. The molecule has 3 N–H and O–H groups in total. The number of anilines is 2. The van der Waals surface area contributed by atoms with Crippen LogP contribution in [0.3, 0.4) is 0 Å². The molecule has 2 aromatic carbocycles. The Morgan fingerprint density at radius 1 is 1.04 bits per heavy atom. The van der Waals surface area contributed by atoms with Gasteiger partial charge in [0.25, 0.3) is 0 Å². The second kappa shape index (κ2) is 8.99. The summed E-state index contributed by atoms with van der Waals surface area (Å²) in [7, 11) is 0. The van der Waals surface area contributed by atoms with Gasteiger partial charge in [0, 0.05) is 23.8 Å². The van der Waals surface area contributed by atoms with Crippen molar-refractivity contribution in [3.63, 3.8) is 0 Å². The first kappa shape index (κ1) is 19.4. The third-order valence-electron chi connectivity index (χ3n) is 3.89. The topological polar surface area (TPSA) is 70.2 Å². The first-order valence-corrected chi connectivity index (χ1v) is 8.56. The molecule has 0 spiro atoms. The van der Waals surface area contributed by atoms with Crippen LogP contribution in [0, 0.1) is 18.7 Å². The molecule has 0 fully saturated rings. The first-order chi connectivity index (χ1) is 12.3. The number of carbonyl (C=O) groups is 2. The fourth-order valence-corrected chi connectivity index (χ4v) is 2.26. The van der Waals surface area contributed by atoms with E-state index >= 15 is 0 Å². The largest absolute Gasteiger partial charge is 0.338 e. The average Bonchev–Trinajstić information content (AvgIpc) is 2.59. The molecule has 5 nitrogen and oxygen atoms in total. The van der Waals surface area contributed by atoms with Gasteiger partial charge in [-0.15, -0.1) is 0 Å². The Bertz CT molecular complexity index is 773. The standard InChI is InChI=1S/C20H24FN3O2/c1-13(2)19(25)23-17-9-4-14(3)18(12-17)24-20(26)22-11-10-15-5-7-16(21)8-6-15/h4-9,12-13H,10-11H2,1-3H3,(H,23,25)(H2,22,24,26). The smallest absolute Gasteiger partial charge is 0.319 e. The second-order valence-corrected chi connectivity index (χ2v) is 6.43. The number of carbonyl (C=O) groups excluding carboxylic acids is 2. The Hall–Kier alpha value is -2.89. The number of hydrogen-bond acceptors (Lipinski definition) is 2. The highest BCUT2D eigenvalue weighted by atomic mass is 19.1. The van der Waals surface area contributed by atoms with Gasteiger partial charge in [0.05, 0.1) is 0 Å². The number of amides is 3. The summed E-state index contributed by atoms with van der Waals surface area (Å²) in [6, 6.07) is 11.2. The van der Waals surface area contributed by atoms with Crippen LogP contribution in [0.2, 0.25) is 0 Å². The van der Waals surface area contributed by atoms with E-state index < -0.39 is 0 Å². The van der Waals surface area contributed by atoms with Crippen molar-refractivity contribution in [2.24, 2.45) is 5.92 Å². The molecular weight excluding hydrogens is 333 g/mol. The van der Waals surface area contributed by atoms with Gasteiger partial charge in [-0.1, -0.05) is 32.0 Å². The Morgan fingerprint density at radius 3 is 2.38 bits per heavy atom. The van der Waals surface area contributed by atoms with Crippen LogP contribution < -0.4 is 16.0 Å². The van der Waals surface area contributed by atoms with E-state index in [1.54, 1.807) is 24.3 Å². The maximum Gasteiger partial charge on any atom is 0.319 e. The summed E-state index contributed by atoms with van der Waals surface area (Å²) in [6.45, 7) is 5.94. The van der Waals surface area contributed by atoms with Crippen LogP contribution in [0.15, 0.2) is 42.5 Å². The van der Waals surface area contributed by atoms with Crippen LogP contribution in [0.25, 0.3) is 0 Å². The summed E-state index contributed by atoms with van der Waals surface area (Å²) in [5, 5.41) is 8.37. The molecule has 0 aliphatic rings. The highest BCUT2D eigenvalue weighted by Gasteiger charge is 2.09. The maximum atomic E-state index is 12.9. The fourth-order valence-electron chi connectivity index (χ4n) is 2.26. The van der Waals surface area contributed by atoms with E-state index in [1.165, 1.54) is 12.1 Å². The Labute approximate surface area is 153 Å². The molecule has 0 aromatic heterocycles. The number of nitrogens with one attached hydrogen (secondary N) is 3. The molecule has 26 heavy (non-hydrogen) atoms. The van der Waals surface area contributed by atoms with Crippen LogP contribution in [0.1, 0.15) is 25.0 Å². The van der Waals surface area contributed by atoms with Gasteiger partial charge in [-0.3, -0.25) is 4.79 Å². The van der Waals surface area contributed by atoms with Crippen molar-refractivity contribution < 1.29 is 14.0 Å². The molecular formula is C20H24FN3O2. The highest BCUT2D eigenvalue weighted by molar-refractivity contribution is 5.94. The molecule has 2 aromatic rings. The molecule has 0 unspecified atom stereocenters. The zero-order chi connectivity index (χ0) is 19.1. The van der Waals surface area contributed by atoms with Gasteiger partial charge in [-0.05, 0) is 48.7 Å². The van der Waals surface area contributed by atoms with Crippen LogP contribution in [0.4, 0.5) is 20.6 Å². The van der Waals surface area contributed by atoms with Crippen molar-refractivity contribution in [1.29, 1.82) is 0 Å². The molecule has 6 heteroatoms. The maximum absolute atomic E-state index is 12.9. The Kier molecular flexibility index (Phi) is 6.72. The summed E-state index contributed by atoms with van der Waals surface area (Å²) in [6.07, 6.45) is 0.608. The van der Waals surface area contributed by atoms with Crippen LogP contribution in [-0.4, -0.2) is 18.5 Å². The van der Waals surface area contributed by atoms with E-state index in [0.29, 0.717) is 24.3 Å². The van der Waals surface area contributed by atoms with E-state index in [2.05, 4.69) is 16.0 Å². The Balaban J connectivity index is 1.89. The number of hydrogen-bond donors (Lipinski definition) is 3. The van der Waals surface area contributed by atoms with Crippen LogP contribution >= 0.6 is 0 Å². The molecule has 2 rings (SSSR count). The van der Waals surface area contributed by atoms with Gasteiger partial charge < -0.3 is 16.0 Å². The minimum Gasteiger partial charge on any atom is -0.338 e. The highest BCUT2D eigenvalue weighted by Crippen LogP contribution is 2.20.